The molecule has 0 aliphatic heterocycles. The number of nitrogens with zero attached hydrogens (tertiary/aromatic N) is 3. The van der Waals surface area contributed by atoms with Crippen molar-refractivity contribution in [1.82, 2.24) is 15.1 Å². The van der Waals surface area contributed by atoms with E-state index in [1.807, 2.05) is 35.9 Å². The van der Waals surface area contributed by atoms with E-state index in [1.54, 1.807) is 17.5 Å². The van der Waals surface area contributed by atoms with Gasteiger partial charge in [-0.1, -0.05) is 11.2 Å². The summed E-state index contributed by atoms with van der Waals surface area (Å²) in [7, 11) is 0. The molecule has 0 spiro atoms. The van der Waals surface area contributed by atoms with Crippen molar-refractivity contribution in [2.24, 2.45) is 0 Å². The third-order valence-corrected chi connectivity index (χ3v) is 3.76. The predicted molar refractivity (Wildman–Crippen MR) is 83.5 cm³/mol. The zero-order chi connectivity index (χ0) is 15.4. The van der Waals surface area contributed by atoms with Crippen LogP contribution in [0.1, 0.15) is 17.9 Å². The molecule has 22 heavy (non-hydrogen) atoms. The van der Waals surface area contributed by atoms with Gasteiger partial charge in [0.15, 0.2) is 0 Å². The van der Waals surface area contributed by atoms with Gasteiger partial charge in [0.1, 0.15) is 5.82 Å². The number of thiophene rings is 1. The average Bonchev–Trinajstić information content (AvgIpc) is 3.18. The van der Waals surface area contributed by atoms with Gasteiger partial charge in [0, 0.05) is 30.0 Å². The van der Waals surface area contributed by atoms with Gasteiger partial charge in [-0.15, -0.1) is 0 Å². The number of amides is 1. The molecule has 0 bridgehead atoms. The van der Waals surface area contributed by atoms with Gasteiger partial charge in [0.25, 0.3) is 0 Å². The SMILES string of the molecule is Cc1cccnc1NC(=O)CCc1nc(-c2ccsc2)no1. The Morgan fingerprint density at radius 1 is 1.41 bits per heavy atom. The van der Waals surface area contributed by atoms with Crippen LogP contribution in [-0.2, 0) is 11.2 Å². The van der Waals surface area contributed by atoms with Crippen LogP contribution in [0.25, 0.3) is 11.4 Å². The third kappa shape index (κ3) is 3.37. The first kappa shape index (κ1) is 14.4. The average molecular weight is 314 g/mol. The first-order valence-corrected chi connectivity index (χ1v) is 7.73. The molecule has 3 heterocycles. The fourth-order valence-electron chi connectivity index (χ4n) is 1.90. The topological polar surface area (TPSA) is 80.9 Å². The maximum absolute atomic E-state index is 11.9. The smallest absolute Gasteiger partial charge is 0.227 e. The lowest BCUT2D eigenvalue weighted by molar-refractivity contribution is -0.116. The number of nitrogens with one attached hydrogen (secondary N) is 1. The second-order valence-corrected chi connectivity index (χ2v) is 5.52. The zero-order valence-corrected chi connectivity index (χ0v) is 12.8. The minimum absolute atomic E-state index is 0.128. The number of aromatic nitrogens is 3. The van der Waals surface area contributed by atoms with Crippen molar-refractivity contribution in [2.75, 3.05) is 5.32 Å². The Balaban J connectivity index is 1.56. The van der Waals surface area contributed by atoms with Gasteiger partial charge in [-0.2, -0.15) is 16.3 Å². The lowest BCUT2D eigenvalue weighted by Crippen LogP contribution is -2.14. The molecule has 1 amide bonds. The Labute approximate surface area is 131 Å². The summed E-state index contributed by atoms with van der Waals surface area (Å²) in [6.45, 7) is 1.90. The van der Waals surface area contributed by atoms with Crippen LogP contribution in [0.15, 0.2) is 39.7 Å². The largest absolute Gasteiger partial charge is 0.339 e. The van der Waals surface area contributed by atoms with Crippen LogP contribution in [0, 0.1) is 6.92 Å². The van der Waals surface area contributed by atoms with Gasteiger partial charge in [-0.05, 0) is 30.0 Å². The molecule has 6 nitrogen and oxygen atoms in total. The van der Waals surface area contributed by atoms with E-state index in [2.05, 4.69) is 20.4 Å². The van der Waals surface area contributed by atoms with E-state index in [9.17, 15) is 4.79 Å². The van der Waals surface area contributed by atoms with Gasteiger partial charge < -0.3 is 9.84 Å². The first-order chi connectivity index (χ1) is 10.7. The van der Waals surface area contributed by atoms with Gasteiger partial charge >= 0.3 is 0 Å². The molecule has 112 valence electrons. The third-order valence-electron chi connectivity index (χ3n) is 3.08. The second-order valence-electron chi connectivity index (χ2n) is 4.74. The summed E-state index contributed by atoms with van der Waals surface area (Å²) in [6, 6.07) is 5.65. The molecule has 0 aliphatic carbocycles. The van der Waals surface area contributed by atoms with Crippen LogP contribution < -0.4 is 5.32 Å². The number of carbonyl (C=O) groups is 1. The second kappa shape index (κ2) is 6.48. The first-order valence-electron chi connectivity index (χ1n) is 6.79. The minimum atomic E-state index is -0.128. The van der Waals surface area contributed by atoms with E-state index in [0.717, 1.165) is 11.1 Å². The van der Waals surface area contributed by atoms with Crippen molar-refractivity contribution < 1.29 is 9.32 Å². The summed E-state index contributed by atoms with van der Waals surface area (Å²) in [5.41, 5.74) is 1.85. The molecule has 7 heteroatoms. The maximum atomic E-state index is 11.9. The van der Waals surface area contributed by atoms with E-state index >= 15 is 0 Å². The Kier molecular flexibility index (Phi) is 4.24. The Hall–Kier alpha value is -2.54. The van der Waals surface area contributed by atoms with Gasteiger partial charge in [-0.3, -0.25) is 4.79 Å². The highest BCUT2D eigenvalue weighted by molar-refractivity contribution is 7.08. The highest BCUT2D eigenvalue weighted by atomic mass is 32.1. The number of carbonyl (C=O) groups excluding carboxylic acids is 1. The quantitative estimate of drug-likeness (QED) is 0.782. The number of hydrogen-bond donors (Lipinski definition) is 1. The van der Waals surface area contributed by atoms with Crippen molar-refractivity contribution >= 4 is 23.1 Å². The predicted octanol–water partition coefficient (Wildman–Crippen LogP) is 3.07. The number of rotatable bonds is 5. The lowest BCUT2D eigenvalue weighted by atomic mass is 10.2. The number of anilines is 1. The zero-order valence-electron chi connectivity index (χ0n) is 11.9. The fraction of sp³-hybridized carbons (Fsp3) is 0.200. The van der Waals surface area contributed by atoms with Crippen molar-refractivity contribution in [3.05, 3.63) is 46.6 Å². The maximum Gasteiger partial charge on any atom is 0.227 e. The Bertz CT molecular complexity index is 767. The fourth-order valence-corrected chi connectivity index (χ4v) is 2.53. The Morgan fingerprint density at radius 3 is 3.09 bits per heavy atom. The molecule has 1 N–H and O–H groups in total. The summed E-state index contributed by atoms with van der Waals surface area (Å²) in [4.78, 5) is 20.3. The molecular weight excluding hydrogens is 300 g/mol. The number of pyridine rings is 1. The monoisotopic (exact) mass is 314 g/mol. The lowest BCUT2D eigenvalue weighted by Gasteiger charge is -2.05. The van der Waals surface area contributed by atoms with Gasteiger partial charge in [0.05, 0.1) is 0 Å². The van der Waals surface area contributed by atoms with Gasteiger partial charge in [0.2, 0.25) is 17.6 Å². The van der Waals surface area contributed by atoms with Crippen LogP contribution >= 0.6 is 11.3 Å². The normalized spacial score (nSPS) is 10.6. The van der Waals surface area contributed by atoms with Crippen LogP contribution in [0.4, 0.5) is 5.82 Å². The van der Waals surface area contributed by atoms with E-state index in [1.165, 1.54) is 0 Å². The van der Waals surface area contributed by atoms with Crippen LogP contribution in [0.3, 0.4) is 0 Å². The molecule has 0 aromatic carbocycles. The summed E-state index contributed by atoms with van der Waals surface area (Å²) < 4.78 is 5.16. The summed E-state index contributed by atoms with van der Waals surface area (Å²) in [5.74, 6) is 1.46. The molecule has 3 aromatic heterocycles. The molecular formula is C15H14N4O2S. The highest BCUT2D eigenvalue weighted by Crippen LogP contribution is 2.19. The summed E-state index contributed by atoms with van der Waals surface area (Å²) in [5, 5.41) is 10.6. The molecule has 0 saturated heterocycles. The van der Waals surface area contributed by atoms with Crippen LogP contribution in [0.5, 0.6) is 0 Å². The molecule has 0 saturated carbocycles. The summed E-state index contributed by atoms with van der Waals surface area (Å²) in [6.07, 6.45) is 2.31. The van der Waals surface area contributed by atoms with E-state index in [-0.39, 0.29) is 12.3 Å². The van der Waals surface area contributed by atoms with E-state index in [4.69, 9.17) is 4.52 Å². The number of aryl methyl sites for hydroxylation is 2. The van der Waals surface area contributed by atoms with Crippen molar-refractivity contribution in [2.45, 2.75) is 19.8 Å². The van der Waals surface area contributed by atoms with E-state index < -0.39 is 0 Å². The number of hydrogen-bond acceptors (Lipinski definition) is 6. The van der Waals surface area contributed by atoms with Gasteiger partial charge in [-0.25, -0.2) is 4.98 Å². The van der Waals surface area contributed by atoms with Crippen LogP contribution in [-0.4, -0.2) is 21.0 Å². The molecule has 0 radical (unpaired) electrons. The molecule has 0 unspecified atom stereocenters. The molecule has 3 aromatic rings. The molecule has 0 fully saturated rings. The molecule has 3 rings (SSSR count). The van der Waals surface area contributed by atoms with Crippen molar-refractivity contribution in [3.8, 4) is 11.4 Å². The van der Waals surface area contributed by atoms with Crippen molar-refractivity contribution in [3.63, 3.8) is 0 Å². The van der Waals surface area contributed by atoms with E-state index in [0.29, 0.717) is 24.0 Å². The summed E-state index contributed by atoms with van der Waals surface area (Å²) >= 11 is 1.57. The standard InChI is InChI=1S/C15H14N4O2S/c1-10-3-2-7-16-14(10)17-12(20)4-5-13-18-15(19-21-13)11-6-8-22-9-11/h2-3,6-9H,4-5H2,1H3,(H,16,17,20). The highest BCUT2D eigenvalue weighted by Gasteiger charge is 2.11. The molecule has 0 aliphatic rings. The van der Waals surface area contributed by atoms with Crippen molar-refractivity contribution in [1.29, 1.82) is 0 Å². The van der Waals surface area contributed by atoms with Crippen LogP contribution in [0.2, 0.25) is 0 Å². The minimum Gasteiger partial charge on any atom is -0.339 e. The molecule has 0 atom stereocenters. The Morgan fingerprint density at radius 2 is 2.32 bits per heavy atom.